The molecule has 0 spiro atoms. The average molecular weight is 280 g/mol. The Kier molecular flexibility index (Phi) is 6.79. The fourth-order valence-corrected chi connectivity index (χ4v) is 1.79. The monoisotopic (exact) mass is 280 g/mol. The molecule has 0 bridgehead atoms. The summed E-state index contributed by atoms with van der Waals surface area (Å²) >= 11 is 0. The van der Waals surface area contributed by atoms with Crippen molar-refractivity contribution in [1.29, 1.82) is 0 Å². The fourth-order valence-electron chi connectivity index (χ4n) is 1.79. The lowest BCUT2D eigenvalue weighted by molar-refractivity contribution is 0.0467. The molecule has 0 fully saturated rings. The molecule has 2 N–H and O–H groups in total. The van der Waals surface area contributed by atoms with Crippen LogP contribution in [0.1, 0.15) is 31.1 Å². The fraction of sp³-hybridized carbons (Fsp3) is 0.571. The van der Waals surface area contributed by atoms with Crippen molar-refractivity contribution in [3.05, 3.63) is 23.9 Å². The Balaban J connectivity index is 2.52. The minimum atomic E-state index is -0.415. The van der Waals surface area contributed by atoms with Crippen molar-refractivity contribution >= 4 is 11.8 Å². The maximum absolute atomic E-state index is 11.9. The van der Waals surface area contributed by atoms with Crippen LogP contribution in [0.5, 0.6) is 0 Å². The van der Waals surface area contributed by atoms with Crippen LogP contribution in [0.4, 0.5) is 5.82 Å². The van der Waals surface area contributed by atoms with Crippen LogP contribution in [0.15, 0.2) is 18.3 Å². The lowest BCUT2D eigenvalue weighted by Crippen LogP contribution is -2.27. The zero-order valence-electron chi connectivity index (χ0n) is 12.5. The number of nitrogen functional groups attached to an aromatic ring is 1. The van der Waals surface area contributed by atoms with Gasteiger partial charge in [0.15, 0.2) is 5.82 Å². The molecule has 0 aliphatic rings. The summed E-state index contributed by atoms with van der Waals surface area (Å²) < 4.78 is 6.85. The van der Waals surface area contributed by atoms with Gasteiger partial charge in [-0.2, -0.15) is 5.10 Å². The van der Waals surface area contributed by atoms with Crippen molar-refractivity contribution in [3.63, 3.8) is 0 Å². The molecule has 0 saturated heterocycles. The summed E-state index contributed by atoms with van der Waals surface area (Å²) in [6.07, 6.45) is 5.47. The third-order valence-corrected chi connectivity index (χ3v) is 3.07. The van der Waals surface area contributed by atoms with Crippen LogP contribution in [0.25, 0.3) is 0 Å². The van der Waals surface area contributed by atoms with Crippen molar-refractivity contribution in [1.82, 2.24) is 14.7 Å². The van der Waals surface area contributed by atoms with E-state index in [1.807, 2.05) is 19.1 Å². The zero-order valence-corrected chi connectivity index (χ0v) is 12.5. The standard InChI is InChI=1S/C14H24N4O2/c1-4-7-8-18-11-12(13(15)16-18)14(19)20-10-9-17(5-2)6-3/h4,7,11H,5-6,8-10H2,1-3H3,(H2,15,16)/b7-4+. The third-order valence-electron chi connectivity index (χ3n) is 3.07. The van der Waals surface area contributed by atoms with E-state index in [1.54, 1.807) is 10.9 Å². The Bertz CT molecular complexity index is 450. The van der Waals surface area contributed by atoms with Gasteiger partial charge in [0.2, 0.25) is 0 Å². The van der Waals surface area contributed by atoms with E-state index in [0.717, 1.165) is 19.6 Å². The number of hydrogen-bond donors (Lipinski definition) is 1. The molecule has 0 aromatic carbocycles. The molecule has 20 heavy (non-hydrogen) atoms. The summed E-state index contributed by atoms with van der Waals surface area (Å²) in [6, 6.07) is 0. The predicted molar refractivity (Wildman–Crippen MR) is 79.5 cm³/mol. The summed E-state index contributed by atoms with van der Waals surface area (Å²) in [4.78, 5) is 14.1. The largest absolute Gasteiger partial charge is 0.461 e. The molecule has 0 amide bonds. The summed E-state index contributed by atoms with van der Waals surface area (Å²) in [5.41, 5.74) is 6.06. The molecule has 6 heteroatoms. The van der Waals surface area contributed by atoms with Gasteiger partial charge in [0.05, 0.1) is 6.54 Å². The summed E-state index contributed by atoms with van der Waals surface area (Å²) in [5, 5.41) is 4.08. The molecule has 112 valence electrons. The molecule has 1 aromatic rings. The van der Waals surface area contributed by atoms with E-state index < -0.39 is 5.97 Å². The van der Waals surface area contributed by atoms with Crippen molar-refractivity contribution in [2.45, 2.75) is 27.3 Å². The van der Waals surface area contributed by atoms with Crippen LogP contribution in [0.2, 0.25) is 0 Å². The topological polar surface area (TPSA) is 73.4 Å². The number of carbonyl (C=O) groups excluding carboxylic acids is 1. The molecular formula is C14H24N4O2. The quantitative estimate of drug-likeness (QED) is 0.577. The highest BCUT2D eigenvalue weighted by Gasteiger charge is 2.15. The number of likely N-dealkylation sites (N-methyl/N-ethyl adjacent to an activating group) is 1. The molecule has 0 aliphatic heterocycles. The summed E-state index contributed by atoms with van der Waals surface area (Å²) in [6.45, 7) is 9.64. The molecule has 1 rings (SSSR count). The number of ether oxygens (including phenoxy) is 1. The Labute approximate surface area is 120 Å². The molecule has 1 aromatic heterocycles. The SMILES string of the molecule is C/C=C/Cn1cc(C(=O)OCCN(CC)CC)c(N)n1. The molecule has 0 radical (unpaired) electrons. The molecule has 0 saturated carbocycles. The maximum Gasteiger partial charge on any atom is 0.343 e. The number of nitrogens with zero attached hydrogens (tertiary/aromatic N) is 3. The number of aromatic nitrogens is 2. The lowest BCUT2D eigenvalue weighted by Gasteiger charge is -2.17. The Morgan fingerprint density at radius 2 is 2.20 bits per heavy atom. The van der Waals surface area contributed by atoms with Gasteiger partial charge in [-0.05, 0) is 20.0 Å². The highest BCUT2D eigenvalue weighted by Crippen LogP contribution is 2.10. The van der Waals surface area contributed by atoms with Gasteiger partial charge in [-0.3, -0.25) is 4.68 Å². The van der Waals surface area contributed by atoms with Crippen LogP contribution < -0.4 is 5.73 Å². The first-order valence-corrected chi connectivity index (χ1v) is 6.95. The highest BCUT2D eigenvalue weighted by molar-refractivity contribution is 5.93. The molecule has 0 aliphatic carbocycles. The first kappa shape index (κ1) is 16.2. The van der Waals surface area contributed by atoms with E-state index in [9.17, 15) is 4.79 Å². The normalized spacial score (nSPS) is 11.4. The van der Waals surface area contributed by atoms with E-state index in [4.69, 9.17) is 10.5 Å². The smallest absolute Gasteiger partial charge is 0.343 e. The van der Waals surface area contributed by atoms with Crippen LogP contribution >= 0.6 is 0 Å². The van der Waals surface area contributed by atoms with Gasteiger partial charge in [-0.15, -0.1) is 0 Å². The molecule has 0 atom stereocenters. The van der Waals surface area contributed by atoms with Gasteiger partial charge in [0, 0.05) is 12.7 Å². The van der Waals surface area contributed by atoms with E-state index in [2.05, 4.69) is 23.8 Å². The number of nitrogens with two attached hydrogens (primary N) is 1. The number of esters is 1. The van der Waals surface area contributed by atoms with Crippen molar-refractivity contribution < 1.29 is 9.53 Å². The van der Waals surface area contributed by atoms with E-state index in [0.29, 0.717) is 18.7 Å². The minimum absolute atomic E-state index is 0.211. The van der Waals surface area contributed by atoms with Crippen LogP contribution in [-0.4, -0.2) is 46.9 Å². The Morgan fingerprint density at radius 3 is 2.80 bits per heavy atom. The Morgan fingerprint density at radius 1 is 1.50 bits per heavy atom. The second-order valence-electron chi connectivity index (χ2n) is 4.38. The Hall–Kier alpha value is -1.82. The van der Waals surface area contributed by atoms with Crippen LogP contribution in [-0.2, 0) is 11.3 Å². The molecule has 6 nitrogen and oxygen atoms in total. The van der Waals surface area contributed by atoms with Crippen molar-refractivity contribution in [3.8, 4) is 0 Å². The van der Waals surface area contributed by atoms with Gasteiger partial charge in [0.1, 0.15) is 12.2 Å². The summed E-state index contributed by atoms with van der Waals surface area (Å²) in [5.74, 6) is -0.205. The number of rotatable bonds is 8. The van der Waals surface area contributed by atoms with Gasteiger partial charge in [-0.1, -0.05) is 26.0 Å². The van der Waals surface area contributed by atoms with Gasteiger partial charge < -0.3 is 15.4 Å². The average Bonchev–Trinajstić information content (AvgIpc) is 2.82. The molecule has 1 heterocycles. The second-order valence-corrected chi connectivity index (χ2v) is 4.38. The number of allylic oxidation sites excluding steroid dienone is 2. The van der Waals surface area contributed by atoms with E-state index >= 15 is 0 Å². The van der Waals surface area contributed by atoms with Gasteiger partial charge >= 0.3 is 5.97 Å². The predicted octanol–water partition coefficient (Wildman–Crippen LogP) is 1.54. The van der Waals surface area contributed by atoms with E-state index in [-0.39, 0.29) is 5.82 Å². The molecule has 0 unspecified atom stereocenters. The van der Waals surface area contributed by atoms with Crippen LogP contribution in [0.3, 0.4) is 0 Å². The summed E-state index contributed by atoms with van der Waals surface area (Å²) in [7, 11) is 0. The van der Waals surface area contributed by atoms with Crippen LogP contribution in [0, 0.1) is 0 Å². The zero-order chi connectivity index (χ0) is 15.0. The third kappa shape index (κ3) is 4.70. The van der Waals surface area contributed by atoms with Gasteiger partial charge in [0.25, 0.3) is 0 Å². The molecular weight excluding hydrogens is 256 g/mol. The minimum Gasteiger partial charge on any atom is -0.461 e. The first-order valence-electron chi connectivity index (χ1n) is 6.95. The first-order chi connectivity index (χ1) is 9.62. The highest BCUT2D eigenvalue weighted by atomic mass is 16.5. The second kappa shape index (κ2) is 8.37. The van der Waals surface area contributed by atoms with Crippen molar-refractivity contribution in [2.75, 3.05) is 32.0 Å². The number of anilines is 1. The van der Waals surface area contributed by atoms with E-state index in [1.165, 1.54) is 0 Å². The number of hydrogen-bond acceptors (Lipinski definition) is 5. The number of carbonyl (C=O) groups is 1. The van der Waals surface area contributed by atoms with Gasteiger partial charge in [-0.25, -0.2) is 4.79 Å². The maximum atomic E-state index is 11.9. The van der Waals surface area contributed by atoms with Crippen molar-refractivity contribution in [2.24, 2.45) is 0 Å². The lowest BCUT2D eigenvalue weighted by atomic mass is 10.3.